The molecule has 0 atom stereocenters. The summed E-state index contributed by atoms with van der Waals surface area (Å²) in [6.07, 6.45) is 0. The minimum atomic E-state index is -0.0416. The highest BCUT2D eigenvalue weighted by atomic mass is 35.5. The number of carbonyl (C=O) groups excluding carboxylic acids is 2. The van der Waals surface area contributed by atoms with Gasteiger partial charge in [0.25, 0.3) is 5.91 Å². The molecule has 0 spiro atoms. The number of rotatable bonds is 4. The van der Waals surface area contributed by atoms with Gasteiger partial charge in [-0.05, 0) is 36.8 Å². The van der Waals surface area contributed by atoms with Crippen molar-refractivity contribution in [2.45, 2.75) is 6.92 Å². The minimum Gasteiger partial charge on any atom is -0.368 e. The van der Waals surface area contributed by atoms with Crippen molar-refractivity contribution < 1.29 is 9.59 Å². The van der Waals surface area contributed by atoms with E-state index in [1.807, 2.05) is 41.3 Å². The summed E-state index contributed by atoms with van der Waals surface area (Å²) < 4.78 is 0. The molecular formula is C25H23ClN2O2. The monoisotopic (exact) mass is 418 g/mol. The Kier molecular flexibility index (Phi) is 5.86. The first-order valence-electron chi connectivity index (χ1n) is 10.0. The number of ketones is 1. The predicted molar refractivity (Wildman–Crippen MR) is 121 cm³/mol. The van der Waals surface area contributed by atoms with Crippen LogP contribution in [-0.2, 0) is 0 Å². The highest BCUT2D eigenvalue weighted by Gasteiger charge is 2.23. The Morgan fingerprint density at radius 3 is 2.03 bits per heavy atom. The van der Waals surface area contributed by atoms with E-state index in [2.05, 4.69) is 11.8 Å². The summed E-state index contributed by atoms with van der Waals surface area (Å²) in [4.78, 5) is 29.6. The molecule has 1 amide bonds. The summed E-state index contributed by atoms with van der Waals surface area (Å²) in [5, 5.41) is 0.722. The molecule has 0 aromatic heterocycles. The third-order valence-electron chi connectivity index (χ3n) is 5.51. The Bertz CT molecular complexity index is 1060. The SMILES string of the molecule is Cc1ccc(Cl)cc1N1CCN(C(=O)c2ccc(C(=O)c3ccccc3)cc2)CC1. The van der Waals surface area contributed by atoms with Gasteiger partial charge in [-0.15, -0.1) is 0 Å². The molecule has 152 valence electrons. The second kappa shape index (κ2) is 8.72. The van der Waals surface area contributed by atoms with Gasteiger partial charge < -0.3 is 9.80 Å². The van der Waals surface area contributed by atoms with E-state index in [0.29, 0.717) is 29.8 Å². The van der Waals surface area contributed by atoms with E-state index in [9.17, 15) is 9.59 Å². The number of hydrogen-bond donors (Lipinski definition) is 0. The van der Waals surface area contributed by atoms with Crippen molar-refractivity contribution in [3.63, 3.8) is 0 Å². The molecule has 1 heterocycles. The van der Waals surface area contributed by atoms with E-state index in [0.717, 1.165) is 23.8 Å². The third kappa shape index (κ3) is 4.24. The molecule has 0 N–H and O–H groups in total. The smallest absolute Gasteiger partial charge is 0.253 e. The molecule has 3 aromatic rings. The average Bonchev–Trinajstić information content (AvgIpc) is 2.80. The van der Waals surface area contributed by atoms with Gasteiger partial charge in [0.1, 0.15) is 0 Å². The highest BCUT2D eigenvalue weighted by molar-refractivity contribution is 6.30. The molecule has 4 nitrogen and oxygen atoms in total. The van der Waals surface area contributed by atoms with Crippen LogP contribution in [-0.4, -0.2) is 42.8 Å². The van der Waals surface area contributed by atoms with Crippen LogP contribution in [0.3, 0.4) is 0 Å². The summed E-state index contributed by atoms with van der Waals surface area (Å²) >= 11 is 6.15. The van der Waals surface area contributed by atoms with Crippen molar-refractivity contribution in [1.29, 1.82) is 0 Å². The maximum Gasteiger partial charge on any atom is 0.253 e. The van der Waals surface area contributed by atoms with Gasteiger partial charge in [-0.1, -0.05) is 60.1 Å². The van der Waals surface area contributed by atoms with Crippen molar-refractivity contribution in [3.8, 4) is 0 Å². The molecule has 1 aliphatic rings. The van der Waals surface area contributed by atoms with E-state index in [4.69, 9.17) is 11.6 Å². The molecule has 0 radical (unpaired) electrons. The molecular weight excluding hydrogens is 396 g/mol. The molecule has 4 rings (SSSR count). The topological polar surface area (TPSA) is 40.6 Å². The standard InChI is InChI=1S/C25H23ClN2O2/c1-18-7-12-22(26)17-23(18)27-13-15-28(16-14-27)25(30)21-10-8-20(9-11-21)24(29)19-5-3-2-4-6-19/h2-12,17H,13-16H2,1H3. The van der Waals surface area contributed by atoms with E-state index in [1.54, 1.807) is 36.4 Å². The van der Waals surface area contributed by atoms with Gasteiger partial charge in [0.2, 0.25) is 0 Å². The van der Waals surface area contributed by atoms with Crippen LogP contribution in [0.2, 0.25) is 5.02 Å². The maximum atomic E-state index is 12.9. The number of hydrogen-bond acceptors (Lipinski definition) is 3. The molecule has 0 saturated carbocycles. The average molecular weight is 419 g/mol. The fourth-order valence-corrected chi connectivity index (χ4v) is 3.94. The third-order valence-corrected chi connectivity index (χ3v) is 5.74. The number of halogens is 1. The number of amides is 1. The quantitative estimate of drug-likeness (QED) is 0.569. The molecule has 0 unspecified atom stereocenters. The first-order chi connectivity index (χ1) is 14.5. The number of aryl methyl sites for hydroxylation is 1. The molecule has 1 aliphatic heterocycles. The van der Waals surface area contributed by atoms with Crippen molar-refractivity contribution in [2.24, 2.45) is 0 Å². The fraction of sp³-hybridized carbons (Fsp3) is 0.200. The lowest BCUT2D eigenvalue weighted by Crippen LogP contribution is -2.49. The van der Waals surface area contributed by atoms with Crippen LogP contribution < -0.4 is 4.90 Å². The normalized spacial score (nSPS) is 13.9. The summed E-state index contributed by atoms with van der Waals surface area (Å²) in [5.41, 5.74) is 4.13. The van der Waals surface area contributed by atoms with Gasteiger partial charge in [-0.2, -0.15) is 0 Å². The second-order valence-electron chi connectivity index (χ2n) is 7.48. The van der Waals surface area contributed by atoms with Gasteiger partial charge in [-0.25, -0.2) is 0 Å². The fourth-order valence-electron chi connectivity index (χ4n) is 3.78. The zero-order valence-corrected chi connectivity index (χ0v) is 17.6. The number of nitrogens with zero attached hydrogens (tertiary/aromatic N) is 2. The van der Waals surface area contributed by atoms with Gasteiger partial charge in [0.05, 0.1) is 0 Å². The summed E-state index contributed by atoms with van der Waals surface area (Å²) in [7, 11) is 0. The number of benzene rings is 3. The van der Waals surface area contributed by atoms with Crippen molar-refractivity contribution in [2.75, 3.05) is 31.1 Å². The highest BCUT2D eigenvalue weighted by Crippen LogP contribution is 2.25. The van der Waals surface area contributed by atoms with E-state index in [-0.39, 0.29) is 11.7 Å². The van der Waals surface area contributed by atoms with Crippen LogP contribution in [0.5, 0.6) is 0 Å². The summed E-state index contributed by atoms with van der Waals surface area (Å²) in [5.74, 6) is -0.0451. The molecule has 0 bridgehead atoms. The van der Waals surface area contributed by atoms with Crippen molar-refractivity contribution in [3.05, 3.63) is 100 Å². The number of anilines is 1. The molecule has 0 aliphatic carbocycles. The van der Waals surface area contributed by atoms with Crippen LogP contribution >= 0.6 is 11.6 Å². The number of piperazine rings is 1. The van der Waals surface area contributed by atoms with Crippen LogP contribution in [0.25, 0.3) is 0 Å². The molecule has 5 heteroatoms. The Morgan fingerprint density at radius 1 is 0.767 bits per heavy atom. The molecule has 1 fully saturated rings. The zero-order chi connectivity index (χ0) is 21.1. The Balaban J connectivity index is 1.41. The Hall–Kier alpha value is -3.11. The van der Waals surface area contributed by atoms with Crippen LogP contribution in [0.15, 0.2) is 72.8 Å². The lowest BCUT2D eigenvalue weighted by molar-refractivity contribution is 0.0746. The lowest BCUT2D eigenvalue weighted by Gasteiger charge is -2.37. The summed E-state index contributed by atoms with van der Waals surface area (Å²) in [6.45, 7) is 4.89. The van der Waals surface area contributed by atoms with Crippen LogP contribution in [0, 0.1) is 6.92 Å². The van der Waals surface area contributed by atoms with E-state index in [1.165, 1.54) is 5.56 Å². The first-order valence-corrected chi connectivity index (χ1v) is 10.4. The molecule has 1 saturated heterocycles. The second-order valence-corrected chi connectivity index (χ2v) is 7.92. The largest absolute Gasteiger partial charge is 0.368 e. The zero-order valence-electron chi connectivity index (χ0n) is 16.8. The van der Waals surface area contributed by atoms with E-state index < -0.39 is 0 Å². The minimum absolute atomic E-state index is 0.00354. The lowest BCUT2D eigenvalue weighted by atomic mass is 10.0. The maximum absolute atomic E-state index is 12.9. The van der Waals surface area contributed by atoms with Gasteiger partial charge in [0.15, 0.2) is 5.78 Å². The Labute approximate surface area is 181 Å². The van der Waals surface area contributed by atoms with Crippen LogP contribution in [0.1, 0.15) is 31.8 Å². The van der Waals surface area contributed by atoms with Crippen LogP contribution in [0.4, 0.5) is 5.69 Å². The van der Waals surface area contributed by atoms with Gasteiger partial charge >= 0.3 is 0 Å². The van der Waals surface area contributed by atoms with Gasteiger partial charge in [-0.3, -0.25) is 9.59 Å². The molecule has 3 aromatic carbocycles. The van der Waals surface area contributed by atoms with Crippen molar-refractivity contribution in [1.82, 2.24) is 4.90 Å². The Morgan fingerprint density at radius 2 is 1.37 bits per heavy atom. The van der Waals surface area contributed by atoms with E-state index >= 15 is 0 Å². The molecule has 30 heavy (non-hydrogen) atoms. The van der Waals surface area contributed by atoms with Crippen molar-refractivity contribution >= 4 is 29.0 Å². The predicted octanol–water partition coefficient (Wildman–Crippen LogP) is 4.84. The summed E-state index contributed by atoms with van der Waals surface area (Å²) in [6, 6.07) is 22.0. The number of carbonyl (C=O) groups is 2. The van der Waals surface area contributed by atoms with Gasteiger partial charge in [0, 0.05) is 53.6 Å². The first kappa shape index (κ1) is 20.2.